The smallest absolute Gasteiger partial charge is 0.237 e. The molecule has 0 bridgehead atoms. The summed E-state index contributed by atoms with van der Waals surface area (Å²) >= 11 is 0. The van der Waals surface area contributed by atoms with E-state index in [1.807, 2.05) is 6.92 Å². The summed E-state index contributed by atoms with van der Waals surface area (Å²) in [7, 11) is 0. The van der Waals surface area contributed by atoms with E-state index in [1.165, 1.54) is 0 Å². The minimum absolute atomic E-state index is 0.000231. The maximum absolute atomic E-state index is 11.4. The fourth-order valence-corrected chi connectivity index (χ4v) is 2.10. The Morgan fingerprint density at radius 2 is 2.43 bits per heavy atom. The minimum atomic E-state index is 0.000231. The van der Waals surface area contributed by atoms with E-state index in [9.17, 15) is 4.79 Å². The van der Waals surface area contributed by atoms with Crippen molar-refractivity contribution in [3.8, 4) is 0 Å². The molecule has 14 heavy (non-hydrogen) atoms. The van der Waals surface area contributed by atoms with Crippen LogP contribution in [0.4, 0.5) is 0 Å². The van der Waals surface area contributed by atoms with Crippen LogP contribution in [0.1, 0.15) is 26.7 Å². The number of rotatable bonds is 4. The van der Waals surface area contributed by atoms with Gasteiger partial charge in [-0.25, -0.2) is 0 Å². The average molecular weight is 199 g/mol. The predicted octanol–water partition coefficient (Wildman–Crippen LogP) is -0.0659. The summed E-state index contributed by atoms with van der Waals surface area (Å²) in [5.74, 6) is 0.145. The molecule has 1 amide bonds. The van der Waals surface area contributed by atoms with Gasteiger partial charge in [0.2, 0.25) is 5.91 Å². The maximum Gasteiger partial charge on any atom is 0.237 e. The highest BCUT2D eigenvalue weighted by Crippen LogP contribution is 2.14. The van der Waals surface area contributed by atoms with Crippen LogP contribution in [0.5, 0.6) is 0 Å². The number of hydrogen-bond acceptors (Lipinski definition) is 3. The van der Waals surface area contributed by atoms with Crippen molar-refractivity contribution in [1.82, 2.24) is 10.2 Å². The quantitative estimate of drug-likeness (QED) is 0.666. The molecule has 1 saturated heterocycles. The Morgan fingerprint density at radius 1 is 1.71 bits per heavy atom. The number of hydrogen-bond donors (Lipinski definition) is 2. The first-order valence-electron chi connectivity index (χ1n) is 5.44. The number of nitrogens with zero attached hydrogens (tertiary/aromatic N) is 1. The van der Waals surface area contributed by atoms with Gasteiger partial charge in [-0.1, -0.05) is 6.92 Å². The Balaban J connectivity index is 2.58. The van der Waals surface area contributed by atoms with E-state index in [0.717, 1.165) is 25.9 Å². The molecule has 0 aromatic heterocycles. The summed E-state index contributed by atoms with van der Waals surface area (Å²) in [4.78, 5) is 13.7. The van der Waals surface area contributed by atoms with E-state index in [2.05, 4.69) is 17.1 Å². The van der Waals surface area contributed by atoms with Crippen LogP contribution in [0.25, 0.3) is 0 Å². The SMILES string of the molecule is CCC(CCN)N1CCNC(=O)C1C. The van der Waals surface area contributed by atoms with Crippen LogP contribution in [0, 0.1) is 0 Å². The molecular weight excluding hydrogens is 178 g/mol. The van der Waals surface area contributed by atoms with Crippen molar-refractivity contribution in [3.63, 3.8) is 0 Å². The van der Waals surface area contributed by atoms with E-state index >= 15 is 0 Å². The van der Waals surface area contributed by atoms with Crippen LogP contribution < -0.4 is 11.1 Å². The standard InChI is InChI=1S/C10H21N3O/c1-3-9(4-5-11)13-7-6-12-10(14)8(13)2/h8-9H,3-7,11H2,1-2H3,(H,12,14). The summed E-state index contributed by atoms with van der Waals surface area (Å²) in [6.45, 7) is 6.53. The zero-order valence-electron chi connectivity index (χ0n) is 9.12. The molecule has 4 nitrogen and oxygen atoms in total. The van der Waals surface area contributed by atoms with E-state index in [0.29, 0.717) is 12.6 Å². The van der Waals surface area contributed by atoms with Crippen LogP contribution in [-0.2, 0) is 4.79 Å². The molecule has 1 heterocycles. The second kappa shape index (κ2) is 5.32. The molecule has 0 aromatic rings. The summed E-state index contributed by atoms with van der Waals surface area (Å²) in [5, 5.41) is 2.87. The van der Waals surface area contributed by atoms with Crippen molar-refractivity contribution in [2.24, 2.45) is 5.73 Å². The fraction of sp³-hybridized carbons (Fsp3) is 0.900. The lowest BCUT2D eigenvalue weighted by atomic mass is 10.1. The van der Waals surface area contributed by atoms with E-state index in [1.54, 1.807) is 0 Å². The highest BCUT2D eigenvalue weighted by Gasteiger charge is 2.29. The molecule has 0 aliphatic carbocycles. The first kappa shape index (κ1) is 11.5. The first-order chi connectivity index (χ1) is 6.70. The van der Waals surface area contributed by atoms with Gasteiger partial charge < -0.3 is 11.1 Å². The second-order valence-corrected chi connectivity index (χ2v) is 3.84. The van der Waals surface area contributed by atoms with Crippen molar-refractivity contribution in [2.45, 2.75) is 38.8 Å². The van der Waals surface area contributed by atoms with Crippen LogP contribution in [0.2, 0.25) is 0 Å². The predicted molar refractivity (Wildman–Crippen MR) is 56.9 cm³/mol. The number of nitrogens with one attached hydrogen (secondary N) is 1. The Labute approximate surface area is 85.8 Å². The summed E-state index contributed by atoms with van der Waals surface area (Å²) in [6, 6.07) is 0.460. The lowest BCUT2D eigenvalue weighted by Gasteiger charge is -2.38. The van der Waals surface area contributed by atoms with Crippen molar-refractivity contribution in [2.75, 3.05) is 19.6 Å². The van der Waals surface area contributed by atoms with Gasteiger partial charge in [0.1, 0.15) is 0 Å². The minimum Gasteiger partial charge on any atom is -0.353 e. The molecule has 3 N–H and O–H groups in total. The van der Waals surface area contributed by atoms with Crippen molar-refractivity contribution in [1.29, 1.82) is 0 Å². The zero-order valence-corrected chi connectivity index (χ0v) is 9.12. The normalized spacial score (nSPS) is 25.9. The Hall–Kier alpha value is -0.610. The largest absolute Gasteiger partial charge is 0.353 e. The van der Waals surface area contributed by atoms with Gasteiger partial charge in [0.15, 0.2) is 0 Å². The van der Waals surface area contributed by atoms with Gasteiger partial charge in [-0.3, -0.25) is 9.69 Å². The third-order valence-electron chi connectivity index (χ3n) is 2.99. The van der Waals surface area contributed by atoms with Gasteiger partial charge in [-0.2, -0.15) is 0 Å². The van der Waals surface area contributed by atoms with E-state index in [4.69, 9.17) is 5.73 Å². The van der Waals surface area contributed by atoms with Gasteiger partial charge in [-0.15, -0.1) is 0 Å². The van der Waals surface area contributed by atoms with Crippen LogP contribution in [0.3, 0.4) is 0 Å². The molecule has 0 saturated carbocycles. The molecule has 0 radical (unpaired) electrons. The topological polar surface area (TPSA) is 58.4 Å². The zero-order chi connectivity index (χ0) is 10.6. The maximum atomic E-state index is 11.4. The van der Waals surface area contributed by atoms with Crippen molar-refractivity contribution < 1.29 is 4.79 Å². The van der Waals surface area contributed by atoms with E-state index < -0.39 is 0 Å². The van der Waals surface area contributed by atoms with Crippen LogP contribution >= 0.6 is 0 Å². The summed E-state index contributed by atoms with van der Waals surface area (Å²) < 4.78 is 0. The number of amides is 1. The molecule has 1 fully saturated rings. The third-order valence-corrected chi connectivity index (χ3v) is 2.99. The lowest BCUT2D eigenvalue weighted by molar-refractivity contribution is -0.129. The highest BCUT2D eigenvalue weighted by atomic mass is 16.2. The molecule has 4 heteroatoms. The molecular formula is C10H21N3O. The van der Waals surface area contributed by atoms with Gasteiger partial charge in [0.25, 0.3) is 0 Å². The summed E-state index contributed by atoms with van der Waals surface area (Å²) in [6.07, 6.45) is 2.04. The van der Waals surface area contributed by atoms with Crippen molar-refractivity contribution in [3.05, 3.63) is 0 Å². The Bertz CT molecular complexity index is 196. The molecule has 2 unspecified atom stereocenters. The van der Waals surface area contributed by atoms with E-state index in [-0.39, 0.29) is 11.9 Å². The van der Waals surface area contributed by atoms with Gasteiger partial charge >= 0.3 is 0 Å². The average Bonchev–Trinajstić information content (AvgIpc) is 2.19. The summed E-state index contributed by atoms with van der Waals surface area (Å²) in [5.41, 5.74) is 5.56. The fourth-order valence-electron chi connectivity index (χ4n) is 2.10. The molecule has 1 aliphatic heterocycles. The first-order valence-corrected chi connectivity index (χ1v) is 5.44. The van der Waals surface area contributed by atoms with Gasteiger partial charge in [0.05, 0.1) is 6.04 Å². The van der Waals surface area contributed by atoms with Gasteiger partial charge in [-0.05, 0) is 26.3 Å². The molecule has 2 atom stereocenters. The monoisotopic (exact) mass is 199 g/mol. The molecule has 82 valence electrons. The molecule has 1 rings (SSSR count). The Morgan fingerprint density at radius 3 is 3.00 bits per heavy atom. The third kappa shape index (κ3) is 2.45. The lowest BCUT2D eigenvalue weighted by Crippen LogP contribution is -2.57. The highest BCUT2D eigenvalue weighted by molar-refractivity contribution is 5.82. The van der Waals surface area contributed by atoms with Gasteiger partial charge in [0, 0.05) is 19.1 Å². The molecule has 1 aliphatic rings. The van der Waals surface area contributed by atoms with Crippen LogP contribution in [0.15, 0.2) is 0 Å². The second-order valence-electron chi connectivity index (χ2n) is 3.84. The number of carbonyl (C=O) groups is 1. The number of carbonyl (C=O) groups excluding carboxylic acids is 1. The molecule has 0 spiro atoms. The number of piperazine rings is 1. The Kier molecular flexibility index (Phi) is 4.35. The number of nitrogens with two attached hydrogens (primary N) is 1. The molecule has 0 aromatic carbocycles. The van der Waals surface area contributed by atoms with Crippen molar-refractivity contribution >= 4 is 5.91 Å². The van der Waals surface area contributed by atoms with Crippen LogP contribution in [-0.4, -0.2) is 42.5 Å².